The van der Waals surface area contributed by atoms with Gasteiger partial charge in [-0.2, -0.15) is 0 Å². The fourth-order valence-corrected chi connectivity index (χ4v) is 3.37. The molecule has 0 aliphatic rings. The highest BCUT2D eigenvalue weighted by atomic mass is 32.2. The second-order valence-electron chi connectivity index (χ2n) is 5.64. The summed E-state index contributed by atoms with van der Waals surface area (Å²) in [7, 11) is 3.32. The molecule has 0 unspecified atom stereocenters. The quantitative estimate of drug-likeness (QED) is 0.599. The van der Waals surface area contributed by atoms with Gasteiger partial charge >= 0.3 is 0 Å². The van der Waals surface area contributed by atoms with Gasteiger partial charge in [-0.05, 0) is 36.8 Å². The number of thioether (sulfide) groups is 1. The normalized spacial score (nSPS) is 10.8. The SMILES string of the molecule is COCc1nnc(SCc2ccc(C)cc2)n1-c1ccc(OC)cc1. The first-order valence-corrected chi connectivity index (χ1v) is 8.96. The van der Waals surface area contributed by atoms with E-state index in [0.717, 1.165) is 28.2 Å². The number of hydrogen-bond acceptors (Lipinski definition) is 5. The monoisotopic (exact) mass is 355 g/mol. The van der Waals surface area contributed by atoms with Crippen molar-refractivity contribution in [3.8, 4) is 11.4 Å². The summed E-state index contributed by atoms with van der Waals surface area (Å²) in [6, 6.07) is 16.4. The van der Waals surface area contributed by atoms with Crippen LogP contribution in [0.1, 0.15) is 17.0 Å². The van der Waals surface area contributed by atoms with Gasteiger partial charge in [0.1, 0.15) is 12.4 Å². The first-order chi connectivity index (χ1) is 12.2. The minimum absolute atomic E-state index is 0.407. The van der Waals surface area contributed by atoms with Gasteiger partial charge in [0, 0.05) is 18.6 Å². The first kappa shape index (κ1) is 17.5. The molecule has 0 atom stereocenters. The lowest BCUT2D eigenvalue weighted by atomic mass is 10.2. The Balaban J connectivity index is 1.86. The second kappa shape index (κ2) is 8.18. The Morgan fingerprint density at radius 2 is 1.68 bits per heavy atom. The fraction of sp³-hybridized carbons (Fsp3) is 0.263. The van der Waals surface area contributed by atoms with Gasteiger partial charge in [0.05, 0.1) is 7.11 Å². The van der Waals surface area contributed by atoms with Crippen molar-refractivity contribution >= 4 is 11.8 Å². The van der Waals surface area contributed by atoms with Crippen LogP contribution in [0.3, 0.4) is 0 Å². The number of ether oxygens (including phenoxy) is 2. The van der Waals surface area contributed by atoms with Gasteiger partial charge in [0.15, 0.2) is 11.0 Å². The molecular weight excluding hydrogens is 334 g/mol. The summed E-state index contributed by atoms with van der Waals surface area (Å²) >= 11 is 1.66. The molecule has 2 aromatic carbocycles. The number of aromatic nitrogens is 3. The van der Waals surface area contributed by atoms with Gasteiger partial charge < -0.3 is 9.47 Å². The maximum atomic E-state index is 5.27. The molecule has 0 N–H and O–H groups in total. The zero-order valence-corrected chi connectivity index (χ0v) is 15.4. The molecule has 0 saturated carbocycles. The Bertz CT molecular complexity index is 814. The van der Waals surface area contributed by atoms with E-state index in [1.807, 2.05) is 28.8 Å². The Labute approximate surface area is 152 Å². The fourth-order valence-electron chi connectivity index (χ4n) is 2.44. The molecule has 0 fully saturated rings. The summed E-state index contributed by atoms with van der Waals surface area (Å²) in [5, 5.41) is 9.48. The Morgan fingerprint density at radius 1 is 0.960 bits per heavy atom. The van der Waals surface area contributed by atoms with Crippen LogP contribution in [0, 0.1) is 6.92 Å². The summed E-state index contributed by atoms with van der Waals surface area (Å²) < 4.78 is 12.5. The van der Waals surface area contributed by atoms with E-state index in [4.69, 9.17) is 9.47 Å². The third-order valence-electron chi connectivity index (χ3n) is 3.79. The molecule has 6 heteroatoms. The summed E-state index contributed by atoms with van der Waals surface area (Å²) in [5.41, 5.74) is 3.51. The lowest BCUT2D eigenvalue weighted by molar-refractivity contribution is 0.176. The van der Waals surface area contributed by atoms with Gasteiger partial charge in [-0.25, -0.2) is 0 Å². The predicted molar refractivity (Wildman–Crippen MR) is 99.4 cm³/mol. The maximum Gasteiger partial charge on any atom is 0.196 e. The molecule has 25 heavy (non-hydrogen) atoms. The molecule has 1 aromatic heterocycles. The largest absolute Gasteiger partial charge is 0.497 e. The van der Waals surface area contributed by atoms with E-state index in [-0.39, 0.29) is 0 Å². The molecule has 0 saturated heterocycles. The molecule has 0 aliphatic carbocycles. The van der Waals surface area contributed by atoms with Crippen molar-refractivity contribution in [3.63, 3.8) is 0 Å². The van der Waals surface area contributed by atoms with Gasteiger partial charge in [0.25, 0.3) is 0 Å². The first-order valence-electron chi connectivity index (χ1n) is 7.97. The molecule has 3 aromatic rings. The molecule has 0 amide bonds. The van der Waals surface area contributed by atoms with Crippen molar-refractivity contribution in [1.29, 1.82) is 0 Å². The highest BCUT2D eigenvalue weighted by molar-refractivity contribution is 7.98. The topological polar surface area (TPSA) is 49.2 Å². The zero-order valence-electron chi connectivity index (χ0n) is 14.6. The molecule has 130 valence electrons. The average molecular weight is 355 g/mol. The van der Waals surface area contributed by atoms with Crippen LogP contribution in [0.15, 0.2) is 53.7 Å². The van der Waals surface area contributed by atoms with Crippen LogP contribution in [0.5, 0.6) is 5.75 Å². The van der Waals surface area contributed by atoms with Gasteiger partial charge in [-0.15, -0.1) is 10.2 Å². The smallest absolute Gasteiger partial charge is 0.196 e. The van der Waals surface area contributed by atoms with Crippen molar-refractivity contribution in [2.45, 2.75) is 24.4 Å². The van der Waals surface area contributed by atoms with E-state index >= 15 is 0 Å². The molecule has 5 nitrogen and oxygen atoms in total. The summed E-state index contributed by atoms with van der Waals surface area (Å²) in [4.78, 5) is 0. The molecule has 0 spiro atoms. The van der Waals surface area contributed by atoms with Crippen molar-refractivity contribution in [2.75, 3.05) is 14.2 Å². The summed E-state index contributed by atoms with van der Waals surface area (Å²) in [6.07, 6.45) is 0. The highest BCUT2D eigenvalue weighted by Gasteiger charge is 2.14. The number of methoxy groups -OCH3 is 2. The summed E-state index contributed by atoms with van der Waals surface area (Å²) in [5.74, 6) is 2.43. The van der Waals surface area contributed by atoms with E-state index in [1.165, 1.54) is 11.1 Å². The van der Waals surface area contributed by atoms with E-state index in [2.05, 4.69) is 41.4 Å². The molecule has 1 heterocycles. The van der Waals surface area contributed by atoms with Gasteiger partial charge in [-0.1, -0.05) is 41.6 Å². The van der Waals surface area contributed by atoms with Crippen LogP contribution < -0.4 is 4.74 Å². The van der Waals surface area contributed by atoms with Crippen LogP contribution in [-0.2, 0) is 17.1 Å². The third kappa shape index (κ3) is 4.21. The van der Waals surface area contributed by atoms with Crippen LogP contribution >= 0.6 is 11.8 Å². The van der Waals surface area contributed by atoms with Crippen molar-refractivity contribution in [1.82, 2.24) is 14.8 Å². The van der Waals surface area contributed by atoms with E-state index in [1.54, 1.807) is 26.0 Å². The summed E-state index contributed by atoms with van der Waals surface area (Å²) in [6.45, 7) is 2.50. The van der Waals surface area contributed by atoms with Crippen LogP contribution in [0.25, 0.3) is 5.69 Å². The molecular formula is C19H21N3O2S. The Morgan fingerprint density at radius 3 is 2.32 bits per heavy atom. The van der Waals surface area contributed by atoms with Crippen molar-refractivity contribution in [3.05, 3.63) is 65.5 Å². The van der Waals surface area contributed by atoms with E-state index in [0.29, 0.717) is 6.61 Å². The van der Waals surface area contributed by atoms with Crippen LogP contribution in [-0.4, -0.2) is 29.0 Å². The third-order valence-corrected chi connectivity index (χ3v) is 4.79. The Kier molecular flexibility index (Phi) is 5.73. The van der Waals surface area contributed by atoms with Crippen molar-refractivity contribution in [2.24, 2.45) is 0 Å². The number of benzene rings is 2. The van der Waals surface area contributed by atoms with Crippen LogP contribution in [0.4, 0.5) is 0 Å². The minimum Gasteiger partial charge on any atom is -0.497 e. The number of rotatable bonds is 7. The molecule has 3 rings (SSSR count). The van der Waals surface area contributed by atoms with E-state index in [9.17, 15) is 0 Å². The second-order valence-corrected chi connectivity index (χ2v) is 6.58. The van der Waals surface area contributed by atoms with Gasteiger partial charge in [-0.3, -0.25) is 4.57 Å². The van der Waals surface area contributed by atoms with Crippen molar-refractivity contribution < 1.29 is 9.47 Å². The molecule has 0 radical (unpaired) electrons. The van der Waals surface area contributed by atoms with E-state index < -0.39 is 0 Å². The van der Waals surface area contributed by atoms with Crippen LogP contribution in [0.2, 0.25) is 0 Å². The Hall–Kier alpha value is -2.31. The van der Waals surface area contributed by atoms with Gasteiger partial charge in [0.2, 0.25) is 0 Å². The zero-order chi connectivity index (χ0) is 17.6. The lowest BCUT2D eigenvalue weighted by Gasteiger charge is -2.10. The number of hydrogen-bond donors (Lipinski definition) is 0. The average Bonchev–Trinajstić information content (AvgIpc) is 3.04. The standard InChI is InChI=1S/C19H21N3O2S/c1-14-4-6-15(7-5-14)13-25-19-21-20-18(12-23-2)22(19)16-8-10-17(24-3)11-9-16/h4-11H,12-13H2,1-3H3. The number of aryl methyl sites for hydroxylation is 1. The predicted octanol–water partition coefficient (Wildman–Crippen LogP) is 4.02. The lowest BCUT2D eigenvalue weighted by Crippen LogP contribution is -2.04. The highest BCUT2D eigenvalue weighted by Crippen LogP contribution is 2.26. The molecule has 0 bridgehead atoms. The number of nitrogens with zero attached hydrogens (tertiary/aromatic N) is 3. The minimum atomic E-state index is 0.407. The maximum absolute atomic E-state index is 5.27. The molecule has 0 aliphatic heterocycles.